The first-order chi connectivity index (χ1) is 9.28. The molecule has 0 unspecified atom stereocenters. The molecule has 1 amide bonds. The molecule has 0 saturated heterocycles. The molecule has 6 heteroatoms. The fraction of sp³-hybridized carbons (Fsp3) is 0.231. The van der Waals surface area contributed by atoms with Crippen molar-refractivity contribution in [3.8, 4) is 0 Å². The van der Waals surface area contributed by atoms with Crippen LogP contribution in [0.5, 0.6) is 0 Å². The summed E-state index contributed by atoms with van der Waals surface area (Å²) in [7, 11) is 0. The van der Waals surface area contributed by atoms with Gasteiger partial charge in [-0.25, -0.2) is 4.79 Å². The van der Waals surface area contributed by atoms with Crippen LogP contribution in [0.25, 0.3) is 0 Å². The quantitative estimate of drug-likeness (QED) is 0.497. The Morgan fingerprint density at radius 2 is 2.21 bits per heavy atom. The van der Waals surface area contributed by atoms with Crippen LogP contribution in [-0.4, -0.2) is 35.7 Å². The van der Waals surface area contributed by atoms with Crippen molar-refractivity contribution in [1.82, 2.24) is 5.06 Å². The van der Waals surface area contributed by atoms with E-state index in [1.54, 1.807) is 12.1 Å². The molecule has 1 aliphatic rings. The van der Waals surface area contributed by atoms with Crippen molar-refractivity contribution in [3.05, 3.63) is 42.0 Å². The zero-order valence-corrected chi connectivity index (χ0v) is 10.3. The molecule has 0 saturated carbocycles. The van der Waals surface area contributed by atoms with Crippen LogP contribution >= 0.6 is 0 Å². The third-order valence-corrected chi connectivity index (χ3v) is 2.60. The van der Waals surface area contributed by atoms with Crippen molar-refractivity contribution in [2.24, 2.45) is 5.16 Å². The Morgan fingerprint density at radius 1 is 1.42 bits per heavy atom. The number of amides is 1. The highest BCUT2D eigenvalue weighted by Crippen LogP contribution is 2.10. The molecule has 19 heavy (non-hydrogen) atoms. The average molecular weight is 261 g/mol. The number of hydrogen-bond acceptors (Lipinski definition) is 5. The van der Waals surface area contributed by atoms with Gasteiger partial charge in [-0.15, -0.1) is 5.06 Å². The van der Waals surface area contributed by atoms with Gasteiger partial charge in [0.25, 0.3) is 0 Å². The van der Waals surface area contributed by atoms with E-state index in [2.05, 4.69) is 10.5 Å². The molecule has 0 radical (unpaired) electrons. The van der Waals surface area contributed by atoms with E-state index in [4.69, 9.17) is 10.0 Å². The van der Waals surface area contributed by atoms with Crippen molar-refractivity contribution in [2.75, 3.05) is 18.4 Å². The van der Waals surface area contributed by atoms with Crippen LogP contribution in [0.3, 0.4) is 0 Å². The van der Waals surface area contributed by atoms with E-state index < -0.39 is 6.09 Å². The van der Waals surface area contributed by atoms with Crippen LogP contribution < -0.4 is 5.32 Å². The Labute approximate surface area is 110 Å². The largest absolute Gasteiger partial charge is 0.430 e. The molecule has 0 fully saturated rings. The van der Waals surface area contributed by atoms with Gasteiger partial charge in [0, 0.05) is 12.2 Å². The molecular weight excluding hydrogens is 246 g/mol. The maximum atomic E-state index is 11.7. The molecule has 1 heterocycles. The van der Waals surface area contributed by atoms with E-state index in [-0.39, 0.29) is 0 Å². The zero-order chi connectivity index (χ0) is 13.5. The highest BCUT2D eigenvalue weighted by atomic mass is 16.7. The van der Waals surface area contributed by atoms with Gasteiger partial charge >= 0.3 is 6.09 Å². The van der Waals surface area contributed by atoms with Gasteiger partial charge in [0.15, 0.2) is 0 Å². The van der Waals surface area contributed by atoms with Gasteiger partial charge in [-0.1, -0.05) is 29.4 Å². The third kappa shape index (κ3) is 4.11. The minimum atomic E-state index is -0.534. The SMILES string of the molecule is O=C(Nc1ccccc1)ON1CCC=C(C=NO)C1. The molecule has 0 bridgehead atoms. The molecule has 6 nitrogen and oxygen atoms in total. The number of hydrogen-bond donors (Lipinski definition) is 2. The lowest BCUT2D eigenvalue weighted by atomic mass is 10.2. The van der Waals surface area contributed by atoms with Crippen LogP contribution in [0, 0.1) is 0 Å². The minimum Gasteiger partial charge on any atom is -0.411 e. The zero-order valence-electron chi connectivity index (χ0n) is 10.3. The van der Waals surface area contributed by atoms with Gasteiger partial charge in [-0.3, -0.25) is 5.32 Å². The van der Waals surface area contributed by atoms with Crippen LogP contribution in [0.2, 0.25) is 0 Å². The van der Waals surface area contributed by atoms with Gasteiger partial charge < -0.3 is 10.0 Å². The monoisotopic (exact) mass is 261 g/mol. The summed E-state index contributed by atoms with van der Waals surface area (Å²) in [5, 5.41) is 15.6. The fourth-order valence-electron chi connectivity index (χ4n) is 1.77. The Bertz CT molecular complexity index is 485. The maximum absolute atomic E-state index is 11.7. The number of oxime groups is 1. The lowest BCUT2D eigenvalue weighted by molar-refractivity contribution is -0.0872. The van der Waals surface area contributed by atoms with Crippen molar-refractivity contribution >= 4 is 18.0 Å². The third-order valence-electron chi connectivity index (χ3n) is 2.60. The number of carbonyl (C=O) groups excluding carboxylic acids is 1. The number of benzene rings is 1. The molecule has 0 aliphatic carbocycles. The highest BCUT2D eigenvalue weighted by molar-refractivity contribution is 5.84. The maximum Gasteiger partial charge on any atom is 0.430 e. The van der Waals surface area contributed by atoms with Gasteiger partial charge in [0.1, 0.15) is 0 Å². The van der Waals surface area contributed by atoms with Gasteiger partial charge in [-0.2, -0.15) is 0 Å². The Balaban J connectivity index is 1.85. The molecule has 1 aliphatic heterocycles. The Morgan fingerprint density at radius 3 is 2.95 bits per heavy atom. The topological polar surface area (TPSA) is 74.2 Å². The molecular formula is C13H15N3O3. The fourth-order valence-corrected chi connectivity index (χ4v) is 1.77. The molecule has 0 aromatic heterocycles. The molecule has 1 aromatic carbocycles. The van der Waals surface area contributed by atoms with Crippen molar-refractivity contribution in [1.29, 1.82) is 0 Å². The number of nitrogens with zero attached hydrogens (tertiary/aromatic N) is 2. The predicted molar refractivity (Wildman–Crippen MR) is 71.1 cm³/mol. The first-order valence-corrected chi connectivity index (χ1v) is 5.93. The summed E-state index contributed by atoms with van der Waals surface area (Å²) < 4.78 is 0. The normalized spacial score (nSPS) is 16.1. The van der Waals surface area contributed by atoms with Gasteiger partial charge in [0.05, 0.1) is 12.8 Å². The molecule has 2 rings (SSSR count). The standard InChI is InChI=1S/C13H15N3O3/c17-13(15-12-6-2-1-3-7-12)19-16-8-4-5-11(10-16)9-14-18/h1-3,5-7,9,18H,4,8,10H2,(H,15,17). The summed E-state index contributed by atoms with van der Waals surface area (Å²) in [6.45, 7) is 1.03. The first-order valence-electron chi connectivity index (χ1n) is 5.93. The van der Waals surface area contributed by atoms with E-state index in [9.17, 15) is 4.79 Å². The van der Waals surface area contributed by atoms with Crippen LogP contribution in [0.15, 0.2) is 47.1 Å². The molecule has 2 N–H and O–H groups in total. The summed E-state index contributed by atoms with van der Waals surface area (Å²) >= 11 is 0. The summed E-state index contributed by atoms with van der Waals surface area (Å²) in [6.07, 6.45) is 3.48. The second-order valence-electron chi connectivity index (χ2n) is 4.05. The predicted octanol–water partition coefficient (Wildman–Crippen LogP) is 2.24. The molecule has 0 spiro atoms. The smallest absolute Gasteiger partial charge is 0.411 e. The lowest BCUT2D eigenvalue weighted by Crippen LogP contribution is -2.34. The summed E-state index contributed by atoms with van der Waals surface area (Å²) in [5.74, 6) is 0. The van der Waals surface area contributed by atoms with Gasteiger partial charge in [0.2, 0.25) is 0 Å². The minimum absolute atomic E-state index is 0.409. The van der Waals surface area contributed by atoms with Crippen molar-refractivity contribution in [2.45, 2.75) is 6.42 Å². The number of anilines is 1. The van der Waals surface area contributed by atoms with E-state index in [0.29, 0.717) is 18.8 Å². The number of rotatable bonds is 3. The van der Waals surface area contributed by atoms with E-state index in [0.717, 1.165) is 12.0 Å². The summed E-state index contributed by atoms with van der Waals surface area (Å²) in [6, 6.07) is 9.08. The molecule has 1 aromatic rings. The summed E-state index contributed by atoms with van der Waals surface area (Å²) in [4.78, 5) is 16.8. The van der Waals surface area contributed by atoms with E-state index in [1.165, 1.54) is 11.3 Å². The Kier molecular flexibility index (Phi) is 4.52. The average Bonchev–Trinajstić information content (AvgIpc) is 2.40. The number of para-hydroxylation sites is 1. The Hall–Kier alpha value is -2.34. The second kappa shape index (κ2) is 6.55. The van der Waals surface area contributed by atoms with Gasteiger partial charge in [-0.05, 0) is 24.1 Å². The number of carbonyl (C=O) groups is 1. The highest BCUT2D eigenvalue weighted by Gasteiger charge is 2.16. The molecule has 0 atom stereocenters. The molecule has 100 valence electrons. The van der Waals surface area contributed by atoms with Crippen LogP contribution in [0.1, 0.15) is 6.42 Å². The van der Waals surface area contributed by atoms with Crippen LogP contribution in [0.4, 0.5) is 10.5 Å². The van der Waals surface area contributed by atoms with Crippen LogP contribution in [-0.2, 0) is 4.84 Å². The lowest BCUT2D eigenvalue weighted by Gasteiger charge is -2.24. The van der Waals surface area contributed by atoms with Crippen molar-refractivity contribution < 1.29 is 14.8 Å². The van der Waals surface area contributed by atoms with E-state index >= 15 is 0 Å². The van der Waals surface area contributed by atoms with Crippen molar-refractivity contribution in [3.63, 3.8) is 0 Å². The number of nitrogens with one attached hydrogen (secondary N) is 1. The first kappa shape index (κ1) is 13.1. The second-order valence-corrected chi connectivity index (χ2v) is 4.05. The summed E-state index contributed by atoms with van der Waals surface area (Å²) in [5.41, 5.74) is 1.48. The number of hydroxylamine groups is 2. The van der Waals surface area contributed by atoms with E-state index in [1.807, 2.05) is 24.3 Å².